The summed E-state index contributed by atoms with van der Waals surface area (Å²) in [6.07, 6.45) is 3.30. The number of rotatable bonds is 5. The second-order valence-corrected chi connectivity index (χ2v) is 5.10. The monoisotopic (exact) mass is 305 g/mol. The molecule has 0 unspecified atom stereocenters. The fraction of sp³-hybridized carbons (Fsp3) is 0.333. The van der Waals surface area contributed by atoms with Gasteiger partial charge in [0, 0.05) is 17.7 Å². The van der Waals surface area contributed by atoms with Gasteiger partial charge in [-0.25, -0.2) is 9.97 Å². The number of para-hydroxylation sites is 1. The highest BCUT2D eigenvalue weighted by atomic mass is 35.5. The van der Waals surface area contributed by atoms with Crippen molar-refractivity contribution in [3.63, 3.8) is 0 Å². The van der Waals surface area contributed by atoms with Crippen LogP contribution in [0.5, 0.6) is 11.5 Å². The highest BCUT2D eigenvalue weighted by Gasteiger charge is 2.17. The van der Waals surface area contributed by atoms with E-state index in [2.05, 4.69) is 22.2 Å². The Morgan fingerprint density at radius 2 is 2.19 bits per heavy atom. The fourth-order valence-corrected chi connectivity index (χ4v) is 2.55. The number of nitrogens with one attached hydrogen (secondary N) is 1. The van der Waals surface area contributed by atoms with Crippen molar-refractivity contribution >= 4 is 17.4 Å². The molecule has 0 aliphatic carbocycles. The second kappa shape index (κ2) is 6.18. The number of hydrogen-bond donors (Lipinski definition) is 1. The lowest BCUT2D eigenvalue weighted by Crippen LogP contribution is -2.06. The Morgan fingerprint density at radius 1 is 1.29 bits per heavy atom. The van der Waals surface area contributed by atoms with Crippen molar-refractivity contribution in [3.8, 4) is 11.5 Å². The number of halogens is 1. The van der Waals surface area contributed by atoms with E-state index < -0.39 is 0 Å². The Hall–Kier alpha value is -2.01. The van der Waals surface area contributed by atoms with Gasteiger partial charge in [0.25, 0.3) is 0 Å². The van der Waals surface area contributed by atoms with Gasteiger partial charge >= 0.3 is 0 Å². The third-order valence-electron chi connectivity index (χ3n) is 3.32. The van der Waals surface area contributed by atoms with Crippen molar-refractivity contribution in [2.24, 2.45) is 0 Å². The van der Waals surface area contributed by atoms with E-state index >= 15 is 0 Å². The predicted molar refractivity (Wildman–Crippen MR) is 80.9 cm³/mol. The van der Waals surface area contributed by atoms with Crippen LogP contribution in [-0.4, -0.2) is 16.8 Å². The van der Waals surface area contributed by atoms with Crippen LogP contribution in [0.4, 0.5) is 5.82 Å². The van der Waals surface area contributed by atoms with Crippen molar-refractivity contribution in [3.05, 3.63) is 40.8 Å². The van der Waals surface area contributed by atoms with Gasteiger partial charge in [-0.15, -0.1) is 0 Å². The van der Waals surface area contributed by atoms with Gasteiger partial charge in [-0.1, -0.05) is 37.1 Å². The van der Waals surface area contributed by atoms with Gasteiger partial charge in [0.2, 0.25) is 6.79 Å². The number of ether oxygens (including phenoxy) is 2. The molecule has 0 saturated carbocycles. The number of benzene rings is 1. The molecule has 0 bridgehead atoms. The van der Waals surface area contributed by atoms with Gasteiger partial charge in [0.15, 0.2) is 11.5 Å². The maximum absolute atomic E-state index is 6.15. The molecule has 21 heavy (non-hydrogen) atoms. The Morgan fingerprint density at radius 3 is 3.05 bits per heavy atom. The summed E-state index contributed by atoms with van der Waals surface area (Å²) in [7, 11) is 0. The fourth-order valence-electron chi connectivity index (χ4n) is 2.32. The zero-order valence-electron chi connectivity index (χ0n) is 11.7. The molecule has 1 aliphatic heterocycles. The number of anilines is 1. The minimum Gasteiger partial charge on any atom is -0.454 e. The molecule has 0 atom stereocenters. The van der Waals surface area contributed by atoms with Gasteiger partial charge < -0.3 is 14.8 Å². The molecular weight excluding hydrogens is 290 g/mol. The van der Waals surface area contributed by atoms with E-state index in [0.29, 0.717) is 11.7 Å². The normalized spacial score (nSPS) is 12.5. The lowest BCUT2D eigenvalue weighted by molar-refractivity contribution is 0.173. The van der Waals surface area contributed by atoms with Crippen LogP contribution in [0.25, 0.3) is 0 Å². The van der Waals surface area contributed by atoms with Crippen LogP contribution in [0.3, 0.4) is 0 Å². The molecule has 0 spiro atoms. The third kappa shape index (κ3) is 2.88. The van der Waals surface area contributed by atoms with Crippen LogP contribution >= 0.6 is 11.6 Å². The van der Waals surface area contributed by atoms with E-state index in [0.717, 1.165) is 41.3 Å². The Balaban J connectivity index is 1.80. The quantitative estimate of drug-likeness (QED) is 0.858. The third-order valence-corrected chi connectivity index (χ3v) is 3.64. The van der Waals surface area contributed by atoms with E-state index in [1.807, 2.05) is 18.2 Å². The summed E-state index contributed by atoms with van der Waals surface area (Å²) < 4.78 is 10.9. The predicted octanol–water partition coefficient (Wildman–Crippen LogP) is 3.42. The molecule has 3 rings (SSSR count). The molecule has 1 N–H and O–H groups in total. The van der Waals surface area contributed by atoms with E-state index in [9.17, 15) is 0 Å². The van der Waals surface area contributed by atoms with Gasteiger partial charge in [-0.2, -0.15) is 0 Å². The molecule has 6 heteroatoms. The topological polar surface area (TPSA) is 56.3 Å². The lowest BCUT2D eigenvalue weighted by Gasteiger charge is -2.12. The first kappa shape index (κ1) is 13.9. The lowest BCUT2D eigenvalue weighted by atomic mass is 10.1. The average molecular weight is 306 g/mol. The Kier molecular flexibility index (Phi) is 4.10. The number of aromatic nitrogens is 2. The highest BCUT2D eigenvalue weighted by molar-refractivity contribution is 6.30. The summed E-state index contributed by atoms with van der Waals surface area (Å²) in [6.45, 7) is 2.96. The summed E-state index contributed by atoms with van der Waals surface area (Å²) >= 11 is 6.15. The summed E-state index contributed by atoms with van der Waals surface area (Å²) in [5, 5.41) is 3.82. The van der Waals surface area contributed by atoms with Crippen LogP contribution in [-0.2, 0) is 13.0 Å². The SMILES string of the molecule is CCCc1c(Cl)ncnc1NCc1cccc2c1OCO2. The van der Waals surface area contributed by atoms with Gasteiger partial charge in [0.05, 0.1) is 0 Å². The molecule has 0 amide bonds. The van der Waals surface area contributed by atoms with Crippen LogP contribution in [0.2, 0.25) is 5.15 Å². The molecule has 2 aromatic rings. The number of hydrogen-bond acceptors (Lipinski definition) is 5. The van der Waals surface area contributed by atoms with E-state index in [1.54, 1.807) is 0 Å². The van der Waals surface area contributed by atoms with Crippen molar-refractivity contribution in [2.45, 2.75) is 26.3 Å². The van der Waals surface area contributed by atoms with Crippen molar-refractivity contribution < 1.29 is 9.47 Å². The molecular formula is C15H16ClN3O2. The maximum Gasteiger partial charge on any atom is 0.231 e. The molecule has 2 heterocycles. The molecule has 1 aliphatic rings. The van der Waals surface area contributed by atoms with Gasteiger partial charge in [0.1, 0.15) is 17.3 Å². The summed E-state index contributed by atoms with van der Waals surface area (Å²) in [6, 6.07) is 5.85. The van der Waals surface area contributed by atoms with Crippen LogP contribution in [0, 0.1) is 0 Å². The molecule has 5 nitrogen and oxygen atoms in total. The minimum atomic E-state index is 0.271. The Labute approximate surface area is 128 Å². The average Bonchev–Trinajstić information content (AvgIpc) is 2.97. The molecule has 1 aromatic heterocycles. The van der Waals surface area contributed by atoms with Crippen molar-refractivity contribution in [1.29, 1.82) is 0 Å². The number of nitrogens with zero attached hydrogens (tertiary/aromatic N) is 2. The van der Waals surface area contributed by atoms with E-state index in [1.165, 1.54) is 6.33 Å². The second-order valence-electron chi connectivity index (χ2n) is 4.75. The summed E-state index contributed by atoms with van der Waals surface area (Å²) in [5.41, 5.74) is 1.98. The first-order valence-corrected chi connectivity index (χ1v) is 7.28. The van der Waals surface area contributed by atoms with Gasteiger partial charge in [-0.05, 0) is 12.5 Å². The first-order valence-electron chi connectivity index (χ1n) is 6.90. The van der Waals surface area contributed by atoms with Gasteiger partial charge in [-0.3, -0.25) is 0 Å². The first-order chi connectivity index (χ1) is 10.3. The molecule has 110 valence electrons. The molecule has 0 radical (unpaired) electrons. The number of fused-ring (bicyclic) bond motifs is 1. The van der Waals surface area contributed by atoms with Crippen LogP contribution in [0.1, 0.15) is 24.5 Å². The molecule has 0 saturated heterocycles. The minimum absolute atomic E-state index is 0.271. The zero-order chi connectivity index (χ0) is 14.7. The highest BCUT2D eigenvalue weighted by Crippen LogP contribution is 2.35. The zero-order valence-corrected chi connectivity index (χ0v) is 12.5. The van der Waals surface area contributed by atoms with Crippen molar-refractivity contribution in [2.75, 3.05) is 12.1 Å². The maximum atomic E-state index is 6.15. The molecule has 1 aromatic carbocycles. The van der Waals surface area contributed by atoms with Crippen LogP contribution in [0.15, 0.2) is 24.5 Å². The summed E-state index contributed by atoms with van der Waals surface area (Å²) in [5.74, 6) is 2.35. The summed E-state index contributed by atoms with van der Waals surface area (Å²) in [4.78, 5) is 8.33. The van der Waals surface area contributed by atoms with Crippen LogP contribution < -0.4 is 14.8 Å². The van der Waals surface area contributed by atoms with E-state index in [-0.39, 0.29) is 6.79 Å². The standard InChI is InChI=1S/C15H16ClN3O2/c1-2-4-11-14(16)18-8-19-15(11)17-7-10-5-3-6-12-13(10)21-9-20-12/h3,5-6,8H,2,4,7,9H2,1H3,(H,17,18,19). The Bertz CT molecular complexity index is 649. The molecule has 0 fully saturated rings. The largest absolute Gasteiger partial charge is 0.454 e. The van der Waals surface area contributed by atoms with Crippen molar-refractivity contribution in [1.82, 2.24) is 9.97 Å². The smallest absolute Gasteiger partial charge is 0.231 e. The van der Waals surface area contributed by atoms with E-state index in [4.69, 9.17) is 21.1 Å².